The number of nitrogens with one attached hydrogen (secondary N) is 3. The highest BCUT2D eigenvalue weighted by Gasteiger charge is 2.28. The third kappa shape index (κ3) is 6.04. The molecule has 10 heteroatoms. The molecular formula is C19H25N5O5. The predicted molar refractivity (Wildman–Crippen MR) is 106 cm³/mol. The molecule has 0 saturated heterocycles. The summed E-state index contributed by atoms with van der Waals surface area (Å²) in [6.45, 7) is 1.44. The SMILES string of the molecule is CC(N)C(=O)NC(CCC(N)=O)C(=O)NC(Cc1c[nH]c2ccccc12)C(=O)O. The summed E-state index contributed by atoms with van der Waals surface area (Å²) in [5, 5.41) is 15.3. The summed E-state index contributed by atoms with van der Waals surface area (Å²) < 4.78 is 0. The molecule has 0 aliphatic rings. The molecule has 1 aromatic heterocycles. The summed E-state index contributed by atoms with van der Waals surface area (Å²) in [6.07, 6.45) is 1.50. The van der Waals surface area contributed by atoms with Crippen molar-refractivity contribution in [2.24, 2.45) is 11.5 Å². The number of H-pyrrole nitrogens is 1. The topological polar surface area (TPSA) is 180 Å². The van der Waals surface area contributed by atoms with Crippen LogP contribution in [0.15, 0.2) is 30.5 Å². The molecule has 3 amide bonds. The highest BCUT2D eigenvalue weighted by molar-refractivity contribution is 5.92. The molecular weight excluding hydrogens is 378 g/mol. The van der Waals surface area contributed by atoms with Crippen molar-refractivity contribution in [2.75, 3.05) is 0 Å². The lowest BCUT2D eigenvalue weighted by atomic mass is 10.0. The Balaban J connectivity index is 2.14. The van der Waals surface area contributed by atoms with Crippen molar-refractivity contribution in [1.29, 1.82) is 0 Å². The quantitative estimate of drug-likeness (QED) is 0.307. The molecule has 2 aromatic rings. The number of nitrogens with two attached hydrogens (primary N) is 2. The molecule has 8 N–H and O–H groups in total. The second kappa shape index (κ2) is 9.69. The van der Waals surface area contributed by atoms with Crippen molar-refractivity contribution in [3.8, 4) is 0 Å². The van der Waals surface area contributed by atoms with E-state index in [1.165, 1.54) is 6.92 Å². The molecule has 3 atom stereocenters. The molecule has 0 bridgehead atoms. The minimum absolute atomic E-state index is 0.0366. The zero-order chi connectivity index (χ0) is 21.6. The van der Waals surface area contributed by atoms with Crippen molar-refractivity contribution in [3.05, 3.63) is 36.0 Å². The first kappa shape index (κ1) is 21.9. The number of carbonyl (C=O) groups is 4. The van der Waals surface area contributed by atoms with Gasteiger partial charge in [0.1, 0.15) is 12.1 Å². The second-order valence-corrected chi connectivity index (χ2v) is 6.82. The number of aromatic nitrogens is 1. The van der Waals surface area contributed by atoms with E-state index in [1.807, 2.05) is 24.3 Å². The summed E-state index contributed by atoms with van der Waals surface area (Å²) in [5.74, 6) is -3.20. The van der Waals surface area contributed by atoms with Gasteiger partial charge in [0.2, 0.25) is 17.7 Å². The fourth-order valence-corrected chi connectivity index (χ4v) is 2.85. The van der Waals surface area contributed by atoms with Crippen LogP contribution in [-0.4, -0.2) is 51.9 Å². The molecule has 1 aromatic carbocycles. The van der Waals surface area contributed by atoms with Crippen LogP contribution in [0.3, 0.4) is 0 Å². The number of carbonyl (C=O) groups excluding carboxylic acids is 3. The van der Waals surface area contributed by atoms with E-state index in [4.69, 9.17) is 11.5 Å². The van der Waals surface area contributed by atoms with Crippen molar-refractivity contribution >= 4 is 34.6 Å². The van der Waals surface area contributed by atoms with Crippen LogP contribution in [0, 0.1) is 0 Å². The Morgan fingerprint density at radius 2 is 1.76 bits per heavy atom. The van der Waals surface area contributed by atoms with Crippen LogP contribution in [0.4, 0.5) is 0 Å². The zero-order valence-electron chi connectivity index (χ0n) is 16.0. The van der Waals surface area contributed by atoms with Gasteiger partial charge in [-0.2, -0.15) is 0 Å². The Labute approximate surface area is 167 Å². The van der Waals surface area contributed by atoms with Gasteiger partial charge in [-0.25, -0.2) is 4.79 Å². The number of aliphatic carboxylic acids is 1. The van der Waals surface area contributed by atoms with E-state index in [0.717, 1.165) is 16.5 Å². The van der Waals surface area contributed by atoms with E-state index in [9.17, 15) is 24.3 Å². The summed E-state index contributed by atoms with van der Waals surface area (Å²) in [4.78, 5) is 50.3. The first-order valence-corrected chi connectivity index (χ1v) is 9.11. The standard InChI is InChI=1S/C19H25N5O5/c1-10(20)17(26)23-14(6-7-16(21)25)18(27)24-15(19(28)29)8-11-9-22-13-5-3-2-4-12(11)13/h2-5,9-10,14-15,22H,6-8,20H2,1H3,(H2,21,25)(H,23,26)(H,24,27)(H,28,29). The van der Waals surface area contributed by atoms with Crippen LogP contribution in [0.25, 0.3) is 10.9 Å². The van der Waals surface area contributed by atoms with Gasteiger partial charge < -0.3 is 32.2 Å². The van der Waals surface area contributed by atoms with E-state index in [1.54, 1.807) is 6.20 Å². The number of fused-ring (bicyclic) bond motifs is 1. The average Bonchev–Trinajstić information content (AvgIpc) is 3.06. The first-order chi connectivity index (χ1) is 13.7. The van der Waals surface area contributed by atoms with Crippen LogP contribution in [-0.2, 0) is 25.6 Å². The molecule has 0 saturated carbocycles. The number of para-hydroxylation sites is 1. The smallest absolute Gasteiger partial charge is 0.326 e. The first-order valence-electron chi connectivity index (χ1n) is 9.11. The van der Waals surface area contributed by atoms with E-state index in [2.05, 4.69) is 15.6 Å². The van der Waals surface area contributed by atoms with E-state index < -0.39 is 41.8 Å². The van der Waals surface area contributed by atoms with E-state index in [0.29, 0.717) is 0 Å². The van der Waals surface area contributed by atoms with Crippen molar-refractivity contribution in [3.63, 3.8) is 0 Å². The molecule has 0 radical (unpaired) electrons. The van der Waals surface area contributed by atoms with Gasteiger partial charge in [0.15, 0.2) is 0 Å². The van der Waals surface area contributed by atoms with Crippen LogP contribution < -0.4 is 22.1 Å². The lowest BCUT2D eigenvalue weighted by Crippen LogP contribution is -2.54. The Kier molecular flexibility index (Phi) is 7.32. The molecule has 3 unspecified atom stereocenters. The molecule has 0 spiro atoms. The minimum Gasteiger partial charge on any atom is -0.480 e. The zero-order valence-corrected chi connectivity index (χ0v) is 16.0. The Morgan fingerprint density at radius 1 is 1.10 bits per heavy atom. The van der Waals surface area contributed by atoms with Crippen molar-refractivity contribution in [2.45, 2.75) is 44.3 Å². The molecule has 2 rings (SSSR count). The second-order valence-electron chi connectivity index (χ2n) is 6.82. The largest absolute Gasteiger partial charge is 0.480 e. The number of carboxylic acids is 1. The minimum atomic E-state index is -1.23. The van der Waals surface area contributed by atoms with Crippen LogP contribution in [0.2, 0.25) is 0 Å². The third-order valence-electron chi connectivity index (χ3n) is 4.44. The van der Waals surface area contributed by atoms with Crippen molar-refractivity contribution < 1.29 is 24.3 Å². The monoisotopic (exact) mass is 403 g/mol. The molecule has 29 heavy (non-hydrogen) atoms. The normalized spacial score (nSPS) is 14.0. The predicted octanol–water partition coefficient (Wildman–Crippen LogP) is -0.623. The maximum Gasteiger partial charge on any atom is 0.326 e. The fourth-order valence-electron chi connectivity index (χ4n) is 2.85. The van der Waals surface area contributed by atoms with Gasteiger partial charge in [0.05, 0.1) is 6.04 Å². The van der Waals surface area contributed by atoms with Gasteiger partial charge in [-0.05, 0) is 25.0 Å². The number of amides is 3. The van der Waals surface area contributed by atoms with Gasteiger partial charge in [-0.3, -0.25) is 14.4 Å². The molecule has 1 heterocycles. The number of rotatable bonds is 10. The van der Waals surface area contributed by atoms with Gasteiger partial charge >= 0.3 is 5.97 Å². The van der Waals surface area contributed by atoms with Gasteiger partial charge in [-0.1, -0.05) is 18.2 Å². The number of primary amides is 1. The Morgan fingerprint density at radius 3 is 2.38 bits per heavy atom. The van der Waals surface area contributed by atoms with Gasteiger partial charge in [-0.15, -0.1) is 0 Å². The molecule has 10 nitrogen and oxygen atoms in total. The average molecular weight is 403 g/mol. The molecule has 156 valence electrons. The maximum atomic E-state index is 12.6. The summed E-state index contributed by atoms with van der Waals surface area (Å²) in [6, 6.07) is 4.15. The molecule has 0 aliphatic heterocycles. The number of benzene rings is 1. The highest BCUT2D eigenvalue weighted by atomic mass is 16.4. The lowest BCUT2D eigenvalue weighted by Gasteiger charge is -2.22. The molecule has 0 fully saturated rings. The summed E-state index contributed by atoms with van der Waals surface area (Å²) >= 11 is 0. The number of carboxylic acid groups (broad SMARTS) is 1. The third-order valence-corrected chi connectivity index (χ3v) is 4.44. The van der Waals surface area contributed by atoms with Gasteiger partial charge in [0, 0.05) is 29.9 Å². The van der Waals surface area contributed by atoms with Crippen LogP contribution in [0.1, 0.15) is 25.3 Å². The van der Waals surface area contributed by atoms with Crippen molar-refractivity contribution in [1.82, 2.24) is 15.6 Å². The maximum absolute atomic E-state index is 12.6. The number of hydrogen-bond donors (Lipinski definition) is 6. The Hall–Kier alpha value is -3.40. The van der Waals surface area contributed by atoms with Gasteiger partial charge in [0.25, 0.3) is 0 Å². The van der Waals surface area contributed by atoms with E-state index >= 15 is 0 Å². The lowest BCUT2D eigenvalue weighted by molar-refractivity contribution is -0.142. The highest BCUT2D eigenvalue weighted by Crippen LogP contribution is 2.19. The van der Waals surface area contributed by atoms with Crippen LogP contribution >= 0.6 is 0 Å². The number of hydrogen-bond acceptors (Lipinski definition) is 5. The summed E-state index contributed by atoms with van der Waals surface area (Å²) in [7, 11) is 0. The Bertz CT molecular complexity index is 907. The van der Waals surface area contributed by atoms with Crippen LogP contribution in [0.5, 0.6) is 0 Å². The number of aromatic amines is 1. The van der Waals surface area contributed by atoms with E-state index in [-0.39, 0.29) is 19.3 Å². The fraction of sp³-hybridized carbons (Fsp3) is 0.368. The summed E-state index contributed by atoms with van der Waals surface area (Å²) in [5.41, 5.74) is 12.2. The molecule has 0 aliphatic carbocycles.